The summed E-state index contributed by atoms with van der Waals surface area (Å²) in [7, 11) is 0. The van der Waals surface area contributed by atoms with Gasteiger partial charge in [-0.2, -0.15) is 5.10 Å². The Balaban J connectivity index is 1.65. The second-order valence-electron chi connectivity index (χ2n) is 6.37. The molecule has 0 fully saturated rings. The number of hydrogen-bond acceptors (Lipinski definition) is 4. The molecule has 1 unspecified atom stereocenters. The van der Waals surface area contributed by atoms with Gasteiger partial charge in [0.05, 0.1) is 5.69 Å². The molecule has 0 bridgehead atoms. The number of nitrogens with one attached hydrogen (secondary N) is 1. The number of benzene rings is 2. The second-order valence-corrected chi connectivity index (χ2v) is 6.37. The van der Waals surface area contributed by atoms with Gasteiger partial charge in [-0.1, -0.05) is 12.1 Å². The molecule has 0 saturated heterocycles. The average molecular weight is 365 g/mol. The first kappa shape index (κ1) is 17.1. The fourth-order valence-corrected chi connectivity index (χ4v) is 3.06. The predicted molar refractivity (Wildman–Crippen MR) is 99.8 cm³/mol. The summed E-state index contributed by atoms with van der Waals surface area (Å²) >= 11 is 0. The molecule has 5 nitrogen and oxygen atoms in total. The molecule has 1 N–H and O–H groups in total. The molecule has 4 aromatic rings. The number of aryl methyl sites for hydroxylation is 1. The molecule has 0 amide bonds. The molecule has 4 rings (SSSR count). The third kappa shape index (κ3) is 3.23. The zero-order chi connectivity index (χ0) is 19.0. The molecule has 27 heavy (non-hydrogen) atoms. The van der Waals surface area contributed by atoms with E-state index in [1.54, 1.807) is 24.0 Å². The van der Waals surface area contributed by atoms with Crippen LogP contribution < -0.4 is 5.32 Å². The Labute approximate surface area is 154 Å². The van der Waals surface area contributed by atoms with Gasteiger partial charge in [0.25, 0.3) is 0 Å². The van der Waals surface area contributed by atoms with E-state index in [-0.39, 0.29) is 11.6 Å². The van der Waals surface area contributed by atoms with Crippen molar-refractivity contribution in [1.29, 1.82) is 0 Å². The average Bonchev–Trinajstić information content (AvgIpc) is 3.20. The lowest BCUT2D eigenvalue weighted by atomic mass is 10.1. The van der Waals surface area contributed by atoms with Crippen LogP contribution in [0.1, 0.15) is 24.2 Å². The van der Waals surface area contributed by atoms with E-state index >= 15 is 0 Å². The Morgan fingerprint density at radius 1 is 1.07 bits per heavy atom. The summed E-state index contributed by atoms with van der Waals surface area (Å²) in [6, 6.07) is 12.3. The van der Waals surface area contributed by atoms with Gasteiger partial charge in [0.15, 0.2) is 11.6 Å². The standard InChI is InChI=1S/C20H17F2N5/c1-12-9-18(16-7-8-17(21)19(22)20(16)25-12)26-13(2)14-3-5-15(6-4-14)27-11-23-10-24-27/h3-11,13H,1-2H3,(H,25,26). The number of fused-ring (bicyclic) bond motifs is 1. The van der Waals surface area contributed by atoms with Gasteiger partial charge in [-0.25, -0.2) is 23.4 Å². The van der Waals surface area contributed by atoms with E-state index in [0.717, 1.165) is 17.3 Å². The second kappa shape index (κ2) is 6.75. The summed E-state index contributed by atoms with van der Waals surface area (Å²) in [6.45, 7) is 3.76. The van der Waals surface area contributed by atoms with E-state index in [4.69, 9.17) is 0 Å². The summed E-state index contributed by atoms with van der Waals surface area (Å²) in [5.41, 5.74) is 3.31. The highest BCUT2D eigenvalue weighted by atomic mass is 19.2. The fourth-order valence-electron chi connectivity index (χ4n) is 3.06. The molecule has 0 aliphatic heterocycles. The van der Waals surface area contributed by atoms with Crippen molar-refractivity contribution in [3.05, 3.63) is 78.0 Å². The van der Waals surface area contributed by atoms with E-state index in [0.29, 0.717) is 16.8 Å². The molecule has 2 aromatic heterocycles. The molecule has 0 radical (unpaired) electrons. The molecular weight excluding hydrogens is 348 g/mol. The van der Waals surface area contributed by atoms with E-state index in [1.165, 1.54) is 6.33 Å². The number of halogens is 2. The molecule has 0 aliphatic rings. The Kier molecular flexibility index (Phi) is 4.27. The van der Waals surface area contributed by atoms with Crippen molar-refractivity contribution < 1.29 is 8.78 Å². The number of nitrogens with zero attached hydrogens (tertiary/aromatic N) is 4. The van der Waals surface area contributed by atoms with Crippen LogP contribution in [0.5, 0.6) is 0 Å². The van der Waals surface area contributed by atoms with Crippen LogP contribution in [0.15, 0.2) is 55.1 Å². The highest BCUT2D eigenvalue weighted by Crippen LogP contribution is 2.29. The van der Waals surface area contributed by atoms with Crippen LogP contribution in [0, 0.1) is 18.6 Å². The third-order valence-electron chi connectivity index (χ3n) is 4.45. The Morgan fingerprint density at radius 2 is 1.85 bits per heavy atom. The lowest BCUT2D eigenvalue weighted by molar-refractivity contribution is 0.515. The molecule has 1 atom stereocenters. The number of anilines is 1. The van der Waals surface area contributed by atoms with Crippen LogP contribution in [0.4, 0.5) is 14.5 Å². The van der Waals surface area contributed by atoms with Crippen molar-refractivity contribution in [3.63, 3.8) is 0 Å². The van der Waals surface area contributed by atoms with E-state index in [2.05, 4.69) is 20.4 Å². The lowest BCUT2D eigenvalue weighted by Gasteiger charge is -2.18. The minimum atomic E-state index is -0.927. The fraction of sp³-hybridized carbons (Fsp3) is 0.150. The number of rotatable bonds is 4. The van der Waals surface area contributed by atoms with E-state index in [9.17, 15) is 8.78 Å². The number of aromatic nitrogens is 4. The highest BCUT2D eigenvalue weighted by molar-refractivity contribution is 5.92. The molecular formula is C20H17F2N5. The van der Waals surface area contributed by atoms with Crippen molar-refractivity contribution in [1.82, 2.24) is 19.7 Å². The quantitative estimate of drug-likeness (QED) is 0.575. The summed E-state index contributed by atoms with van der Waals surface area (Å²) in [5, 5.41) is 8.03. The summed E-state index contributed by atoms with van der Waals surface area (Å²) in [4.78, 5) is 8.08. The molecule has 0 aliphatic carbocycles. The maximum atomic E-state index is 14.1. The predicted octanol–water partition coefficient (Wildman–Crippen LogP) is 4.58. The highest BCUT2D eigenvalue weighted by Gasteiger charge is 2.14. The van der Waals surface area contributed by atoms with E-state index in [1.807, 2.05) is 37.3 Å². The molecule has 0 spiro atoms. The lowest BCUT2D eigenvalue weighted by Crippen LogP contribution is -2.08. The SMILES string of the molecule is Cc1cc(NC(C)c2ccc(-n3cncn3)cc2)c2ccc(F)c(F)c2n1. The number of hydrogen-bond donors (Lipinski definition) is 1. The van der Waals surface area contributed by atoms with Gasteiger partial charge >= 0.3 is 0 Å². The topological polar surface area (TPSA) is 55.6 Å². The van der Waals surface area contributed by atoms with Gasteiger partial charge in [-0.3, -0.25) is 0 Å². The smallest absolute Gasteiger partial charge is 0.185 e. The zero-order valence-electron chi connectivity index (χ0n) is 14.8. The van der Waals surface area contributed by atoms with Gasteiger partial charge in [-0.05, 0) is 49.7 Å². The monoisotopic (exact) mass is 365 g/mol. The zero-order valence-corrected chi connectivity index (χ0v) is 14.8. The first-order chi connectivity index (χ1) is 13.0. The van der Waals surface area contributed by atoms with Crippen molar-refractivity contribution in [3.8, 4) is 5.69 Å². The largest absolute Gasteiger partial charge is 0.378 e. The van der Waals surface area contributed by atoms with Crippen LogP contribution in [-0.2, 0) is 0 Å². The third-order valence-corrected chi connectivity index (χ3v) is 4.45. The van der Waals surface area contributed by atoms with Gasteiger partial charge in [0, 0.05) is 22.8 Å². The summed E-state index contributed by atoms with van der Waals surface area (Å²) < 4.78 is 29.3. The molecule has 136 valence electrons. The van der Waals surface area contributed by atoms with E-state index < -0.39 is 11.6 Å². The molecule has 2 aromatic carbocycles. The van der Waals surface area contributed by atoms with Crippen molar-refractivity contribution in [2.24, 2.45) is 0 Å². The van der Waals surface area contributed by atoms with Crippen molar-refractivity contribution in [2.75, 3.05) is 5.32 Å². The maximum Gasteiger partial charge on any atom is 0.185 e. The molecule has 0 saturated carbocycles. The van der Waals surface area contributed by atoms with Crippen LogP contribution in [0.2, 0.25) is 0 Å². The summed E-state index contributed by atoms with van der Waals surface area (Å²) in [6.07, 6.45) is 3.12. The van der Waals surface area contributed by atoms with Gasteiger partial charge in [0.2, 0.25) is 0 Å². The number of pyridine rings is 1. The van der Waals surface area contributed by atoms with Gasteiger partial charge in [0.1, 0.15) is 18.2 Å². The summed E-state index contributed by atoms with van der Waals surface area (Å²) in [5.74, 6) is -1.83. The van der Waals surface area contributed by atoms with Gasteiger partial charge < -0.3 is 5.32 Å². The van der Waals surface area contributed by atoms with Crippen LogP contribution in [-0.4, -0.2) is 19.7 Å². The van der Waals surface area contributed by atoms with Crippen molar-refractivity contribution >= 4 is 16.6 Å². The van der Waals surface area contributed by atoms with Gasteiger partial charge in [-0.15, -0.1) is 0 Å². The first-order valence-corrected chi connectivity index (χ1v) is 8.50. The minimum Gasteiger partial charge on any atom is -0.378 e. The van der Waals surface area contributed by atoms with Crippen LogP contribution in [0.25, 0.3) is 16.6 Å². The van der Waals surface area contributed by atoms with Crippen LogP contribution >= 0.6 is 0 Å². The van der Waals surface area contributed by atoms with Crippen molar-refractivity contribution in [2.45, 2.75) is 19.9 Å². The molecule has 2 heterocycles. The Morgan fingerprint density at radius 3 is 2.56 bits per heavy atom. The maximum absolute atomic E-state index is 14.1. The Bertz CT molecular complexity index is 1090. The molecule has 7 heteroatoms. The van der Waals surface area contributed by atoms with Crippen LogP contribution in [0.3, 0.4) is 0 Å². The first-order valence-electron chi connectivity index (χ1n) is 8.50. The normalized spacial score (nSPS) is 12.3. The Hall–Kier alpha value is -3.35. The minimum absolute atomic E-state index is 0.0335.